The molecule has 1 aromatic rings. The SMILES string of the molecule is O=C(NCCCN1CCCCCC1=O)c1ccccc1Br. The van der Waals surface area contributed by atoms with Gasteiger partial charge in [0.2, 0.25) is 5.91 Å². The first-order valence-electron chi connectivity index (χ1n) is 7.49. The van der Waals surface area contributed by atoms with Crippen molar-refractivity contribution < 1.29 is 9.59 Å². The molecule has 1 N–H and O–H groups in total. The fourth-order valence-corrected chi connectivity index (χ4v) is 2.95. The predicted octanol–water partition coefficient (Wildman–Crippen LogP) is 2.97. The number of hydrogen-bond acceptors (Lipinski definition) is 2. The number of halogens is 1. The van der Waals surface area contributed by atoms with E-state index in [1.54, 1.807) is 6.07 Å². The molecule has 1 heterocycles. The average molecular weight is 353 g/mol. The van der Waals surface area contributed by atoms with Gasteiger partial charge < -0.3 is 10.2 Å². The van der Waals surface area contributed by atoms with Crippen LogP contribution in [0.5, 0.6) is 0 Å². The number of rotatable bonds is 5. The van der Waals surface area contributed by atoms with Crippen molar-refractivity contribution in [1.29, 1.82) is 0 Å². The van der Waals surface area contributed by atoms with Gasteiger partial charge in [0, 0.05) is 30.5 Å². The molecule has 0 bridgehead atoms. The molecule has 1 aliphatic rings. The molecule has 0 spiro atoms. The Bertz CT molecular complexity index is 505. The Kier molecular flexibility index (Phi) is 6.23. The summed E-state index contributed by atoms with van der Waals surface area (Å²) in [4.78, 5) is 25.8. The molecule has 1 saturated heterocycles. The molecule has 0 radical (unpaired) electrons. The van der Waals surface area contributed by atoms with Gasteiger partial charge in [-0.15, -0.1) is 0 Å². The van der Waals surface area contributed by atoms with E-state index in [-0.39, 0.29) is 11.8 Å². The monoisotopic (exact) mass is 352 g/mol. The lowest BCUT2D eigenvalue weighted by molar-refractivity contribution is -0.130. The van der Waals surface area contributed by atoms with Crippen molar-refractivity contribution in [3.63, 3.8) is 0 Å². The minimum Gasteiger partial charge on any atom is -0.352 e. The number of carbonyl (C=O) groups is 2. The fraction of sp³-hybridized carbons (Fsp3) is 0.500. The highest BCUT2D eigenvalue weighted by Gasteiger charge is 2.16. The molecule has 2 rings (SSSR count). The van der Waals surface area contributed by atoms with Crippen molar-refractivity contribution >= 4 is 27.7 Å². The van der Waals surface area contributed by atoms with E-state index in [4.69, 9.17) is 0 Å². The van der Waals surface area contributed by atoms with Crippen molar-refractivity contribution in [2.24, 2.45) is 0 Å². The molecular weight excluding hydrogens is 332 g/mol. The molecule has 0 aromatic heterocycles. The summed E-state index contributed by atoms with van der Waals surface area (Å²) >= 11 is 3.37. The van der Waals surface area contributed by atoms with Gasteiger partial charge in [0.05, 0.1) is 5.56 Å². The van der Waals surface area contributed by atoms with Gasteiger partial charge in [0.25, 0.3) is 5.91 Å². The van der Waals surface area contributed by atoms with E-state index in [0.29, 0.717) is 18.5 Å². The molecule has 21 heavy (non-hydrogen) atoms. The third-order valence-corrected chi connectivity index (χ3v) is 4.37. The fourth-order valence-electron chi connectivity index (χ4n) is 2.49. The van der Waals surface area contributed by atoms with Crippen LogP contribution in [-0.2, 0) is 4.79 Å². The van der Waals surface area contributed by atoms with Crippen LogP contribution in [0.3, 0.4) is 0 Å². The van der Waals surface area contributed by atoms with Crippen LogP contribution in [0.4, 0.5) is 0 Å². The van der Waals surface area contributed by atoms with Gasteiger partial charge in [-0.05, 0) is 47.3 Å². The molecule has 1 fully saturated rings. The lowest BCUT2D eigenvalue weighted by Crippen LogP contribution is -2.34. The van der Waals surface area contributed by atoms with E-state index in [1.807, 2.05) is 23.1 Å². The van der Waals surface area contributed by atoms with Crippen LogP contribution in [0.25, 0.3) is 0 Å². The molecule has 1 aliphatic heterocycles. The second-order valence-corrected chi connectivity index (χ2v) is 6.14. The van der Waals surface area contributed by atoms with Gasteiger partial charge in [-0.25, -0.2) is 0 Å². The maximum atomic E-state index is 12.0. The topological polar surface area (TPSA) is 49.4 Å². The minimum absolute atomic E-state index is 0.0790. The predicted molar refractivity (Wildman–Crippen MR) is 86.1 cm³/mol. The summed E-state index contributed by atoms with van der Waals surface area (Å²) in [5.41, 5.74) is 0.642. The number of carbonyl (C=O) groups excluding carboxylic acids is 2. The highest BCUT2D eigenvalue weighted by Crippen LogP contribution is 2.15. The van der Waals surface area contributed by atoms with Crippen LogP contribution < -0.4 is 5.32 Å². The van der Waals surface area contributed by atoms with Crippen molar-refractivity contribution in [2.45, 2.75) is 32.1 Å². The summed E-state index contributed by atoms with van der Waals surface area (Å²) < 4.78 is 0.796. The Balaban J connectivity index is 1.73. The number of likely N-dealkylation sites (tertiary alicyclic amines) is 1. The highest BCUT2D eigenvalue weighted by molar-refractivity contribution is 9.10. The summed E-state index contributed by atoms with van der Waals surface area (Å²) in [5, 5.41) is 2.90. The third kappa shape index (κ3) is 4.84. The van der Waals surface area contributed by atoms with Crippen molar-refractivity contribution in [1.82, 2.24) is 10.2 Å². The maximum Gasteiger partial charge on any atom is 0.252 e. The second-order valence-electron chi connectivity index (χ2n) is 5.28. The van der Waals surface area contributed by atoms with Gasteiger partial charge in [-0.2, -0.15) is 0 Å². The Morgan fingerprint density at radius 2 is 2.05 bits per heavy atom. The summed E-state index contributed by atoms with van der Waals surface area (Å²) in [5.74, 6) is 0.175. The molecule has 0 aliphatic carbocycles. The van der Waals surface area contributed by atoms with Gasteiger partial charge in [-0.3, -0.25) is 9.59 Å². The van der Waals surface area contributed by atoms with E-state index in [9.17, 15) is 9.59 Å². The van der Waals surface area contributed by atoms with Crippen molar-refractivity contribution in [3.8, 4) is 0 Å². The minimum atomic E-state index is -0.0790. The van der Waals surface area contributed by atoms with Gasteiger partial charge >= 0.3 is 0 Å². The van der Waals surface area contributed by atoms with Crippen LogP contribution >= 0.6 is 15.9 Å². The van der Waals surface area contributed by atoms with Gasteiger partial charge in [0.15, 0.2) is 0 Å². The standard InChI is InChI=1S/C16H21BrN2O2/c17-14-8-4-3-7-13(14)16(21)18-10-6-12-19-11-5-1-2-9-15(19)20/h3-4,7-8H,1-2,5-6,9-12H2,(H,18,21). The molecule has 0 atom stereocenters. The van der Waals surface area contributed by atoms with E-state index >= 15 is 0 Å². The zero-order chi connectivity index (χ0) is 15.1. The average Bonchev–Trinajstić information content (AvgIpc) is 2.68. The zero-order valence-electron chi connectivity index (χ0n) is 12.1. The Labute approximate surface area is 134 Å². The van der Waals surface area contributed by atoms with Crippen LogP contribution in [0, 0.1) is 0 Å². The molecule has 0 saturated carbocycles. The van der Waals surface area contributed by atoms with E-state index in [2.05, 4.69) is 21.2 Å². The molecule has 4 nitrogen and oxygen atoms in total. The van der Waals surface area contributed by atoms with E-state index in [0.717, 1.165) is 43.2 Å². The lowest BCUT2D eigenvalue weighted by Gasteiger charge is -2.20. The first kappa shape index (κ1) is 16.0. The summed E-state index contributed by atoms with van der Waals surface area (Å²) in [6.07, 6.45) is 4.70. The summed E-state index contributed by atoms with van der Waals surface area (Å²) in [6, 6.07) is 7.37. The van der Waals surface area contributed by atoms with E-state index < -0.39 is 0 Å². The first-order chi connectivity index (χ1) is 10.2. The molecule has 0 unspecified atom stereocenters. The van der Waals surface area contributed by atoms with E-state index in [1.165, 1.54) is 0 Å². The molecule has 5 heteroatoms. The van der Waals surface area contributed by atoms with Gasteiger partial charge in [-0.1, -0.05) is 18.6 Å². The number of amides is 2. The Hall–Kier alpha value is -1.36. The van der Waals surface area contributed by atoms with Gasteiger partial charge in [0.1, 0.15) is 0 Å². The molecular formula is C16H21BrN2O2. The zero-order valence-corrected chi connectivity index (χ0v) is 13.7. The van der Waals surface area contributed by atoms with Crippen LogP contribution in [-0.4, -0.2) is 36.3 Å². The number of benzene rings is 1. The van der Waals surface area contributed by atoms with Crippen LogP contribution in [0.15, 0.2) is 28.7 Å². The van der Waals surface area contributed by atoms with Crippen molar-refractivity contribution in [3.05, 3.63) is 34.3 Å². The summed E-state index contributed by atoms with van der Waals surface area (Å²) in [6.45, 7) is 2.18. The Morgan fingerprint density at radius 3 is 2.86 bits per heavy atom. The third-order valence-electron chi connectivity index (χ3n) is 3.68. The second kappa shape index (κ2) is 8.17. The lowest BCUT2D eigenvalue weighted by atomic mass is 10.2. The summed E-state index contributed by atoms with van der Waals surface area (Å²) in [7, 11) is 0. The molecule has 1 aromatic carbocycles. The largest absolute Gasteiger partial charge is 0.352 e. The number of hydrogen-bond donors (Lipinski definition) is 1. The highest BCUT2D eigenvalue weighted by atomic mass is 79.9. The number of nitrogens with one attached hydrogen (secondary N) is 1. The van der Waals surface area contributed by atoms with Crippen LogP contribution in [0.2, 0.25) is 0 Å². The van der Waals surface area contributed by atoms with Crippen molar-refractivity contribution in [2.75, 3.05) is 19.6 Å². The van der Waals surface area contributed by atoms with Crippen LogP contribution in [0.1, 0.15) is 42.5 Å². The molecule has 114 valence electrons. The normalized spacial score (nSPS) is 15.7. The Morgan fingerprint density at radius 1 is 1.24 bits per heavy atom. The molecule has 2 amide bonds. The smallest absolute Gasteiger partial charge is 0.252 e. The number of nitrogens with zero attached hydrogens (tertiary/aromatic N) is 1. The maximum absolute atomic E-state index is 12.0. The first-order valence-corrected chi connectivity index (χ1v) is 8.28. The quantitative estimate of drug-likeness (QED) is 0.828.